The molecule has 0 atom stereocenters. The maximum atomic E-state index is 12.9. The molecule has 0 spiro atoms. The smallest absolute Gasteiger partial charge is 0.306 e. The second-order valence-corrected chi connectivity index (χ2v) is 7.23. The van der Waals surface area contributed by atoms with Crippen molar-refractivity contribution in [3.05, 3.63) is 29.8 Å². The molecule has 23 heavy (non-hydrogen) atoms. The van der Waals surface area contributed by atoms with E-state index in [9.17, 15) is 22.0 Å². The molecule has 2 N–H and O–H groups in total. The highest BCUT2D eigenvalue weighted by molar-refractivity contribution is 7.89. The number of halogens is 2. The van der Waals surface area contributed by atoms with E-state index in [1.807, 2.05) is 0 Å². The third kappa shape index (κ3) is 3.67. The van der Waals surface area contributed by atoms with Gasteiger partial charge < -0.3 is 9.84 Å². The number of rotatable bonds is 7. The van der Waals surface area contributed by atoms with E-state index in [0.29, 0.717) is 0 Å². The molecule has 128 valence electrons. The molecule has 1 aromatic rings. The van der Waals surface area contributed by atoms with E-state index in [0.717, 1.165) is 12.1 Å². The first kappa shape index (κ1) is 17.8. The lowest BCUT2D eigenvalue weighted by Gasteiger charge is -2.44. The largest absolute Gasteiger partial charge is 0.481 e. The van der Waals surface area contributed by atoms with E-state index in [-0.39, 0.29) is 19.4 Å². The third-order valence-corrected chi connectivity index (χ3v) is 5.52. The molecule has 1 aliphatic carbocycles. The van der Waals surface area contributed by atoms with Crippen LogP contribution in [0.15, 0.2) is 29.2 Å². The monoisotopic (exact) mass is 349 g/mol. The molecule has 0 heterocycles. The number of aliphatic carboxylic acids is 1. The third-order valence-electron chi connectivity index (χ3n) is 4.05. The van der Waals surface area contributed by atoms with Crippen molar-refractivity contribution in [3.63, 3.8) is 0 Å². The lowest BCUT2D eigenvalue weighted by Crippen LogP contribution is -2.55. The van der Waals surface area contributed by atoms with Crippen molar-refractivity contribution in [2.75, 3.05) is 13.7 Å². The van der Waals surface area contributed by atoms with Crippen molar-refractivity contribution in [1.29, 1.82) is 0 Å². The SMILES string of the molecule is COC1(CNS(=O)(=O)c2ccccc2C(F)F)CC(C(=O)O)C1. The minimum atomic E-state index is -4.15. The van der Waals surface area contributed by atoms with Crippen LogP contribution in [0.3, 0.4) is 0 Å². The number of methoxy groups -OCH3 is 1. The molecular weight excluding hydrogens is 332 g/mol. The first-order valence-electron chi connectivity index (χ1n) is 6.85. The van der Waals surface area contributed by atoms with E-state index in [4.69, 9.17) is 9.84 Å². The van der Waals surface area contributed by atoms with Gasteiger partial charge in [-0.05, 0) is 18.9 Å². The number of hydrogen-bond donors (Lipinski definition) is 2. The molecule has 6 nitrogen and oxygen atoms in total. The second-order valence-electron chi connectivity index (χ2n) is 5.49. The van der Waals surface area contributed by atoms with Crippen LogP contribution in [-0.4, -0.2) is 38.7 Å². The topological polar surface area (TPSA) is 92.7 Å². The summed E-state index contributed by atoms with van der Waals surface area (Å²) in [6.45, 7) is -0.173. The molecule has 2 rings (SSSR count). The summed E-state index contributed by atoms with van der Waals surface area (Å²) in [5.74, 6) is -1.56. The summed E-state index contributed by atoms with van der Waals surface area (Å²) in [5, 5.41) is 8.89. The van der Waals surface area contributed by atoms with Crippen molar-refractivity contribution >= 4 is 16.0 Å². The summed E-state index contributed by atoms with van der Waals surface area (Å²) >= 11 is 0. The van der Waals surface area contributed by atoms with Crippen LogP contribution < -0.4 is 4.72 Å². The van der Waals surface area contributed by atoms with Gasteiger partial charge in [-0.1, -0.05) is 18.2 Å². The minimum Gasteiger partial charge on any atom is -0.481 e. The molecule has 1 aliphatic rings. The van der Waals surface area contributed by atoms with Crippen LogP contribution in [0, 0.1) is 5.92 Å². The summed E-state index contributed by atoms with van der Waals surface area (Å²) < 4.78 is 57.9. The quantitative estimate of drug-likeness (QED) is 0.783. The second kappa shape index (κ2) is 6.50. The van der Waals surface area contributed by atoms with Gasteiger partial charge in [0, 0.05) is 19.2 Å². The zero-order chi connectivity index (χ0) is 17.3. The molecular formula is C14H17F2NO5S. The van der Waals surface area contributed by atoms with Gasteiger partial charge in [-0.15, -0.1) is 0 Å². The summed E-state index contributed by atoms with van der Waals surface area (Å²) in [4.78, 5) is 10.4. The van der Waals surface area contributed by atoms with Gasteiger partial charge >= 0.3 is 5.97 Å². The van der Waals surface area contributed by atoms with E-state index < -0.39 is 44.4 Å². The highest BCUT2D eigenvalue weighted by atomic mass is 32.2. The minimum absolute atomic E-state index is 0.165. The molecule has 0 aromatic heterocycles. The molecule has 0 saturated heterocycles. The average Bonchev–Trinajstić information content (AvgIpc) is 2.46. The Labute approximate surface area is 132 Å². The summed E-state index contributed by atoms with van der Waals surface area (Å²) in [5.41, 5.74) is -1.50. The van der Waals surface area contributed by atoms with Crippen molar-refractivity contribution in [3.8, 4) is 0 Å². The van der Waals surface area contributed by atoms with Gasteiger partial charge in [0.05, 0.1) is 16.4 Å². The van der Waals surface area contributed by atoms with Crippen LogP contribution >= 0.6 is 0 Å². The Morgan fingerprint density at radius 2 is 2.04 bits per heavy atom. The number of carboxylic acid groups (broad SMARTS) is 1. The number of benzene rings is 1. The highest BCUT2D eigenvalue weighted by Crippen LogP contribution is 2.40. The Morgan fingerprint density at radius 1 is 1.43 bits per heavy atom. The Morgan fingerprint density at radius 3 is 2.57 bits per heavy atom. The average molecular weight is 349 g/mol. The predicted octanol–water partition coefficient (Wildman–Crippen LogP) is 1.78. The number of alkyl halides is 2. The molecule has 1 fully saturated rings. The van der Waals surface area contributed by atoms with Gasteiger partial charge in [-0.25, -0.2) is 21.9 Å². The molecule has 0 aliphatic heterocycles. The molecule has 0 amide bonds. The molecule has 0 radical (unpaired) electrons. The number of ether oxygens (including phenoxy) is 1. The molecule has 9 heteroatoms. The van der Waals surface area contributed by atoms with E-state index in [1.54, 1.807) is 0 Å². The van der Waals surface area contributed by atoms with Crippen LogP contribution in [0.2, 0.25) is 0 Å². The first-order valence-corrected chi connectivity index (χ1v) is 8.34. The number of hydrogen-bond acceptors (Lipinski definition) is 4. The van der Waals surface area contributed by atoms with E-state index >= 15 is 0 Å². The van der Waals surface area contributed by atoms with Gasteiger partial charge in [0.2, 0.25) is 10.0 Å². The molecule has 0 bridgehead atoms. The summed E-state index contributed by atoms with van der Waals surface area (Å²) in [6, 6.07) is 4.84. The summed E-state index contributed by atoms with van der Waals surface area (Å²) in [7, 11) is -2.79. The maximum absolute atomic E-state index is 12.9. The summed E-state index contributed by atoms with van der Waals surface area (Å²) in [6.07, 6.45) is -2.59. The van der Waals surface area contributed by atoms with Crippen LogP contribution in [0.25, 0.3) is 0 Å². The standard InChI is InChI=1S/C14H17F2NO5S/c1-22-14(6-9(7-14)13(18)19)8-17-23(20,21)11-5-3-2-4-10(11)12(15)16/h2-5,9,12,17H,6-8H2,1H3,(H,18,19). The number of carboxylic acids is 1. The zero-order valence-electron chi connectivity index (χ0n) is 12.3. The van der Waals surface area contributed by atoms with Gasteiger partial charge in [0.1, 0.15) is 0 Å². The van der Waals surface area contributed by atoms with Crippen LogP contribution in [0.1, 0.15) is 24.8 Å². The predicted molar refractivity (Wildman–Crippen MR) is 76.7 cm³/mol. The lowest BCUT2D eigenvalue weighted by atomic mass is 9.71. The Kier molecular flexibility index (Phi) is 5.02. The Bertz CT molecular complexity index is 686. The van der Waals surface area contributed by atoms with E-state index in [2.05, 4.69) is 4.72 Å². The normalized spacial score (nSPS) is 24.4. The van der Waals surface area contributed by atoms with Gasteiger partial charge in [-0.2, -0.15) is 0 Å². The highest BCUT2D eigenvalue weighted by Gasteiger charge is 2.48. The maximum Gasteiger partial charge on any atom is 0.306 e. The zero-order valence-corrected chi connectivity index (χ0v) is 13.1. The fourth-order valence-electron chi connectivity index (χ4n) is 2.61. The number of carbonyl (C=O) groups is 1. The van der Waals surface area contributed by atoms with Crippen molar-refractivity contribution < 1.29 is 31.8 Å². The number of nitrogens with one attached hydrogen (secondary N) is 1. The number of sulfonamides is 1. The van der Waals surface area contributed by atoms with Gasteiger partial charge in [-0.3, -0.25) is 4.79 Å². The molecule has 1 saturated carbocycles. The van der Waals surface area contributed by atoms with Crippen molar-refractivity contribution in [2.45, 2.75) is 29.8 Å². The first-order chi connectivity index (χ1) is 10.7. The van der Waals surface area contributed by atoms with E-state index in [1.165, 1.54) is 19.2 Å². The Hall–Kier alpha value is -1.58. The molecule has 0 unspecified atom stereocenters. The molecule has 1 aromatic carbocycles. The lowest BCUT2D eigenvalue weighted by molar-refractivity contribution is -0.161. The fourth-order valence-corrected chi connectivity index (χ4v) is 3.94. The van der Waals surface area contributed by atoms with Crippen LogP contribution in [0.5, 0.6) is 0 Å². The van der Waals surface area contributed by atoms with Gasteiger partial charge in [0.15, 0.2) is 0 Å². The Balaban J connectivity index is 2.12. The van der Waals surface area contributed by atoms with Crippen molar-refractivity contribution in [2.24, 2.45) is 5.92 Å². The van der Waals surface area contributed by atoms with Crippen LogP contribution in [0.4, 0.5) is 8.78 Å². The van der Waals surface area contributed by atoms with Crippen LogP contribution in [-0.2, 0) is 19.6 Å². The fraction of sp³-hybridized carbons (Fsp3) is 0.500. The van der Waals surface area contributed by atoms with Gasteiger partial charge in [0.25, 0.3) is 6.43 Å². The van der Waals surface area contributed by atoms with Crippen molar-refractivity contribution in [1.82, 2.24) is 4.72 Å².